The zero-order valence-corrected chi connectivity index (χ0v) is 11.3. The smallest absolute Gasteiger partial charge is 0.294 e. The molecule has 0 amide bonds. The summed E-state index contributed by atoms with van der Waals surface area (Å²) in [5, 5.41) is 0. The molecule has 0 bridgehead atoms. The molecule has 0 fully saturated rings. The molecule has 0 atom stereocenters. The Morgan fingerprint density at radius 1 is 1.00 bits per heavy atom. The van der Waals surface area contributed by atoms with Crippen LogP contribution in [0.15, 0.2) is 0 Å². The van der Waals surface area contributed by atoms with Gasteiger partial charge in [-0.15, -0.1) is 0 Å². The molecule has 0 aromatic rings. The molecule has 0 spiro atoms. The van der Waals surface area contributed by atoms with Crippen molar-refractivity contribution in [3.05, 3.63) is 0 Å². The van der Waals surface area contributed by atoms with Crippen molar-refractivity contribution in [2.45, 2.75) is 45.8 Å². The fraction of sp³-hybridized carbons (Fsp3) is 1.00. The standard InChI is InChI=1S/C8H22O2Si2/c1-5-9-11-10-12(6-2,7-3)8-4/h5-8,11H2,1-4H3. The first kappa shape index (κ1) is 12.4. The summed E-state index contributed by atoms with van der Waals surface area (Å²) in [6.45, 7) is 9.59. The third-order valence-corrected chi connectivity index (χ3v) is 9.95. The van der Waals surface area contributed by atoms with Crippen LogP contribution >= 0.6 is 0 Å². The summed E-state index contributed by atoms with van der Waals surface area (Å²) in [7, 11) is -1.98. The number of hydrogen-bond acceptors (Lipinski definition) is 2. The Hall–Kier alpha value is 0.354. The third kappa shape index (κ3) is 3.84. The van der Waals surface area contributed by atoms with Gasteiger partial charge in [-0.25, -0.2) is 0 Å². The van der Waals surface area contributed by atoms with E-state index in [4.69, 9.17) is 8.54 Å². The van der Waals surface area contributed by atoms with E-state index in [1.165, 1.54) is 18.1 Å². The fourth-order valence-electron chi connectivity index (χ4n) is 1.31. The van der Waals surface area contributed by atoms with E-state index in [0.717, 1.165) is 6.61 Å². The lowest BCUT2D eigenvalue weighted by Gasteiger charge is -2.27. The van der Waals surface area contributed by atoms with E-state index in [1.54, 1.807) is 0 Å². The maximum atomic E-state index is 5.97. The van der Waals surface area contributed by atoms with Gasteiger partial charge in [0, 0.05) is 6.61 Å². The second-order valence-electron chi connectivity index (χ2n) is 3.00. The highest BCUT2D eigenvalue weighted by molar-refractivity contribution is 6.76. The second-order valence-corrected chi connectivity index (χ2v) is 9.28. The van der Waals surface area contributed by atoms with Crippen molar-refractivity contribution in [1.29, 1.82) is 0 Å². The molecule has 0 N–H and O–H groups in total. The Kier molecular flexibility index (Phi) is 7.03. The average Bonchev–Trinajstić information content (AvgIpc) is 2.14. The van der Waals surface area contributed by atoms with E-state index in [1.807, 2.05) is 6.92 Å². The van der Waals surface area contributed by atoms with Crippen molar-refractivity contribution in [3.63, 3.8) is 0 Å². The molecule has 0 saturated heterocycles. The van der Waals surface area contributed by atoms with Gasteiger partial charge in [0.25, 0.3) is 10.0 Å². The van der Waals surface area contributed by atoms with E-state index >= 15 is 0 Å². The predicted molar refractivity (Wildman–Crippen MR) is 58.5 cm³/mol. The zero-order chi connectivity index (χ0) is 9.45. The highest BCUT2D eigenvalue weighted by Crippen LogP contribution is 2.20. The van der Waals surface area contributed by atoms with Crippen molar-refractivity contribution < 1.29 is 8.54 Å². The molecule has 0 unspecified atom stereocenters. The van der Waals surface area contributed by atoms with Gasteiger partial charge in [0.15, 0.2) is 8.32 Å². The molecule has 0 heterocycles. The van der Waals surface area contributed by atoms with Crippen LogP contribution in [0, 0.1) is 0 Å². The largest absolute Gasteiger partial charge is 0.440 e. The van der Waals surface area contributed by atoms with Crippen LogP contribution in [-0.4, -0.2) is 24.9 Å². The second kappa shape index (κ2) is 6.83. The van der Waals surface area contributed by atoms with E-state index < -0.39 is 18.3 Å². The average molecular weight is 206 g/mol. The van der Waals surface area contributed by atoms with Crippen molar-refractivity contribution in [1.82, 2.24) is 0 Å². The normalized spacial score (nSPS) is 13.0. The van der Waals surface area contributed by atoms with Gasteiger partial charge in [0.2, 0.25) is 0 Å². The van der Waals surface area contributed by atoms with Gasteiger partial charge in [0.1, 0.15) is 0 Å². The Balaban J connectivity index is 3.76. The summed E-state index contributed by atoms with van der Waals surface area (Å²) in [6.07, 6.45) is 0. The van der Waals surface area contributed by atoms with Gasteiger partial charge in [-0.2, -0.15) is 0 Å². The minimum absolute atomic E-state index is 0.664. The van der Waals surface area contributed by atoms with Gasteiger partial charge >= 0.3 is 0 Å². The van der Waals surface area contributed by atoms with Crippen LogP contribution in [0.5, 0.6) is 0 Å². The SMILES string of the molecule is CCO[SiH2]O[Si](CC)(CC)CC. The Bertz CT molecular complexity index is 97.0. The van der Waals surface area contributed by atoms with Gasteiger partial charge in [-0.05, 0) is 25.1 Å². The van der Waals surface area contributed by atoms with Crippen LogP contribution in [0.2, 0.25) is 18.1 Å². The molecular formula is C8H22O2Si2. The fourth-order valence-corrected chi connectivity index (χ4v) is 6.76. The maximum absolute atomic E-state index is 5.97. The van der Waals surface area contributed by atoms with E-state index in [9.17, 15) is 0 Å². The molecule has 0 radical (unpaired) electrons. The lowest BCUT2D eigenvalue weighted by Crippen LogP contribution is -2.37. The molecule has 4 heteroatoms. The van der Waals surface area contributed by atoms with Crippen LogP contribution in [0.4, 0.5) is 0 Å². The van der Waals surface area contributed by atoms with E-state index in [0.29, 0.717) is 0 Å². The monoisotopic (exact) mass is 206 g/mol. The minimum Gasteiger partial charge on any atom is -0.440 e. The first-order valence-corrected chi connectivity index (χ1v) is 8.64. The summed E-state index contributed by atoms with van der Waals surface area (Å²) in [5.74, 6) is 0. The molecule has 0 saturated carbocycles. The zero-order valence-electron chi connectivity index (χ0n) is 8.85. The summed E-state index contributed by atoms with van der Waals surface area (Å²) in [6, 6.07) is 3.71. The molecule has 0 aromatic heterocycles. The van der Waals surface area contributed by atoms with Crippen LogP contribution in [0.1, 0.15) is 27.7 Å². The summed E-state index contributed by atoms with van der Waals surface area (Å²) in [4.78, 5) is 0. The van der Waals surface area contributed by atoms with Gasteiger partial charge in [-0.1, -0.05) is 20.8 Å². The topological polar surface area (TPSA) is 18.5 Å². The van der Waals surface area contributed by atoms with Crippen LogP contribution in [-0.2, 0) is 8.54 Å². The van der Waals surface area contributed by atoms with Crippen molar-refractivity contribution in [2.24, 2.45) is 0 Å². The van der Waals surface area contributed by atoms with Crippen LogP contribution < -0.4 is 0 Å². The Labute approximate surface area is 79.8 Å². The van der Waals surface area contributed by atoms with Gasteiger partial charge in [0.05, 0.1) is 0 Å². The highest BCUT2D eigenvalue weighted by Gasteiger charge is 2.27. The molecule has 74 valence electrons. The van der Waals surface area contributed by atoms with Crippen LogP contribution in [0.3, 0.4) is 0 Å². The molecule has 0 aliphatic heterocycles. The first-order chi connectivity index (χ1) is 5.74. The maximum Gasteiger partial charge on any atom is 0.294 e. The summed E-state index contributed by atoms with van der Waals surface area (Å²) in [5.41, 5.74) is 0. The highest BCUT2D eigenvalue weighted by atomic mass is 28.4. The van der Waals surface area contributed by atoms with Crippen molar-refractivity contribution in [3.8, 4) is 0 Å². The third-order valence-electron chi connectivity index (χ3n) is 2.59. The lowest BCUT2D eigenvalue weighted by atomic mass is 10.9. The van der Waals surface area contributed by atoms with Crippen LogP contribution in [0.25, 0.3) is 0 Å². The number of rotatable bonds is 7. The van der Waals surface area contributed by atoms with E-state index in [-0.39, 0.29) is 0 Å². The molecule has 12 heavy (non-hydrogen) atoms. The molecule has 0 aliphatic carbocycles. The van der Waals surface area contributed by atoms with E-state index in [2.05, 4.69) is 20.8 Å². The number of hydrogen-bond donors (Lipinski definition) is 0. The summed E-state index contributed by atoms with van der Waals surface area (Å²) >= 11 is 0. The van der Waals surface area contributed by atoms with Gasteiger partial charge < -0.3 is 8.54 Å². The Morgan fingerprint density at radius 3 is 1.83 bits per heavy atom. The quantitative estimate of drug-likeness (QED) is 0.469. The van der Waals surface area contributed by atoms with Crippen molar-refractivity contribution >= 4 is 18.3 Å². The van der Waals surface area contributed by atoms with Crippen molar-refractivity contribution in [2.75, 3.05) is 6.61 Å². The Morgan fingerprint density at radius 2 is 1.50 bits per heavy atom. The van der Waals surface area contributed by atoms with Gasteiger partial charge in [-0.3, -0.25) is 0 Å². The molecule has 0 aromatic carbocycles. The first-order valence-electron chi connectivity index (χ1n) is 4.96. The molecule has 0 rings (SSSR count). The molecule has 2 nitrogen and oxygen atoms in total. The molecule has 0 aliphatic rings. The predicted octanol–water partition coefficient (Wildman–Crippen LogP) is 2.04. The lowest BCUT2D eigenvalue weighted by molar-refractivity contribution is 0.303. The summed E-state index contributed by atoms with van der Waals surface area (Å²) < 4.78 is 11.3. The minimum atomic E-state index is -1.32. The molecular weight excluding hydrogens is 184 g/mol.